The van der Waals surface area contributed by atoms with Crippen LogP contribution in [0.4, 0.5) is 0 Å². The van der Waals surface area contributed by atoms with E-state index in [1.165, 1.54) is 4.31 Å². The van der Waals surface area contributed by atoms with Crippen molar-refractivity contribution < 1.29 is 22.7 Å². The fourth-order valence-corrected chi connectivity index (χ4v) is 6.05. The van der Waals surface area contributed by atoms with Crippen LogP contribution in [0.3, 0.4) is 0 Å². The molecule has 1 amide bonds. The van der Waals surface area contributed by atoms with Crippen LogP contribution in [0.2, 0.25) is 0 Å². The van der Waals surface area contributed by atoms with E-state index >= 15 is 0 Å². The Balaban J connectivity index is 1.43. The molecule has 0 bridgehead atoms. The highest BCUT2D eigenvalue weighted by Crippen LogP contribution is 2.40. The van der Waals surface area contributed by atoms with Crippen molar-refractivity contribution in [2.75, 3.05) is 26.3 Å². The number of fused-ring (bicyclic) bond motifs is 1. The standard InChI is InChI=1S/C14H22N2O5S/c17-13-12-2-1-7-15(12)22(18,19)16(13)10-11-3-5-14(6-4-11)20-8-9-21-14/h11-12H,1-10H2/t12-/m0/s1. The summed E-state index contributed by atoms with van der Waals surface area (Å²) in [5.41, 5.74) is 0. The predicted octanol–water partition coefficient (Wildman–Crippen LogP) is 0.471. The Kier molecular flexibility index (Phi) is 3.48. The molecule has 8 heteroatoms. The van der Waals surface area contributed by atoms with Gasteiger partial charge in [0.1, 0.15) is 6.04 Å². The molecule has 3 saturated heterocycles. The third-order valence-electron chi connectivity index (χ3n) is 5.41. The van der Waals surface area contributed by atoms with Gasteiger partial charge in [-0.05, 0) is 31.6 Å². The molecule has 4 rings (SSSR count). The van der Waals surface area contributed by atoms with E-state index in [9.17, 15) is 13.2 Å². The SMILES string of the molecule is O=C1[C@@H]2CCCN2S(=O)(=O)N1CC1CCC2(CC1)OCCO2. The van der Waals surface area contributed by atoms with E-state index in [0.717, 1.165) is 36.4 Å². The molecule has 1 aliphatic carbocycles. The maximum Gasteiger partial charge on any atom is 0.307 e. The Morgan fingerprint density at radius 3 is 2.45 bits per heavy atom. The number of hydrogen-bond acceptors (Lipinski definition) is 5. The lowest BCUT2D eigenvalue weighted by Crippen LogP contribution is -2.41. The van der Waals surface area contributed by atoms with E-state index in [1.807, 2.05) is 0 Å². The number of amides is 1. The summed E-state index contributed by atoms with van der Waals surface area (Å²) < 4.78 is 38.9. The highest BCUT2D eigenvalue weighted by atomic mass is 32.2. The second kappa shape index (κ2) is 5.15. The molecule has 4 fully saturated rings. The first kappa shape index (κ1) is 14.9. The number of ether oxygens (including phenoxy) is 2. The van der Waals surface area contributed by atoms with Gasteiger partial charge in [0.15, 0.2) is 5.79 Å². The van der Waals surface area contributed by atoms with Crippen molar-refractivity contribution in [2.24, 2.45) is 5.92 Å². The monoisotopic (exact) mass is 330 g/mol. The van der Waals surface area contributed by atoms with Crippen LogP contribution in [0, 0.1) is 5.92 Å². The van der Waals surface area contributed by atoms with Gasteiger partial charge in [-0.3, -0.25) is 4.79 Å². The van der Waals surface area contributed by atoms with Crippen molar-refractivity contribution in [1.29, 1.82) is 0 Å². The molecular formula is C14H22N2O5S. The highest BCUT2D eigenvalue weighted by molar-refractivity contribution is 7.87. The van der Waals surface area contributed by atoms with Gasteiger partial charge >= 0.3 is 10.2 Å². The number of carbonyl (C=O) groups excluding carboxylic acids is 1. The lowest BCUT2D eigenvalue weighted by molar-refractivity contribution is -0.182. The summed E-state index contributed by atoms with van der Waals surface area (Å²) in [6, 6.07) is -0.443. The average molecular weight is 330 g/mol. The summed E-state index contributed by atoms with van der Waals surface area (Å²) in [5, 5.41) is 0. The van der Waals surface area contributed by atoms with Crippen molar-refractivity contribution in [3.05, 3.63) is 0 Å². The first-order chi connectivity index (χ1) is 10.5. The Hall–Kier alpha value is -0.700. The molecule has 1 atom stereocenters. The Morgan fingerprint density at radius 1 is 1.14 bits per heavy atom. The summed E-state index contributed by atoms with van der Waals surface area (Å²) in [4.78, 5) is 12.4. The molecule has 3 heterocycles. The van der Waals surface area contributed by atoms with Gasteiger partial charge in [-0.1, -0.05) is 0 Å². The van der Waals surface area contributed by atoms with Crippen molar-refractivity contribution in [2.45, 2.75) is 50.4 Å². The summed E-state index contributed by atoms with van der Waals surface area (Å²) >= 11 is 0. The minimum atomic E-state index is -3.59. The smallest absolute Gasteiger partial charge is 0.307 e. The van der Waals surface area contributed by atoms with E-state index in [2.05, 4.69) is 0 Å². The van der Waals surface area contributed by atoms with Crippen molar-refractivity contribution in [3.8, 4) is 0 Å². The molecule has 0 radical (unpaired) electrons. The van der Waals surface area contributed by atoms with Crippen molar-refractivity contribution in [3.63, 3.8) is 0 Å². The molecule has 7 nitrogen and oxygen atoms in total. The van der Waals surface area contributed by atoms with Crippen LogP contribution < -0.4 is 0 Å². The summed E-state index contributed by atoms with van der Waals surface area (Å²) in [7, 11) is -3.59. The summed E-state index contributed by atoms with van der Waals surface area (Å²) in [5.74, 6) is -0.465. The van der Waals surface area contributed by atoms with Crippen LogP contribution in [-0.2, 0) is 24.5 Å². The molecule has 0 unspecified atom stereocenters. The molecule has 4 aliphatic rings. The van der Waals surface area contributed by atoms with Crippen LogP contribution >= 0.6 is 0 Å². The van der Waals surface area contributed by atoms with Gasteiger partial charge in [-0.15, -0.1) is 0 Å². The summed E-state index contributed by atoms with van der Waals surface area (Å²) in [6.45, 7) is 2.07. The van der Waals surface area contributed by atoms with Gasteiger partial charge in [0.05, 0.1) is 13.2 Å². The molecule has 1 spiro atoms. The van der Waals surface area contributed by atoms with Gasteiger partial charge in [-0.2, -0.15) is 12.7 Å². The zero-order chi connectivity index (χ0) is 15.4. The van der Waals surface area contributed by atoms with E-state index < -0.39 is 22.0 Å². The molecule has 22 heavy (non-hydrogen) atoms. The van der Waals surface area contributed by atoms with Gasteiger partial charge in [0, 0.05) is 25.9 Å². The lowest BCUT2D eigenvalue weighted by Gasteiger charge is -2.36. The first-order valence-corrected chi connectivity index (χ1v) is 9.53. The maximum atomic E-state index is 12.5. The van der Waals surface area contributed by atoms with Crippen LogP contribution in [0.5, 0.6) is 0 Å². The van der Waals surface area contributed by atoms with E-state index in [4.69, 9.17) is 9.47 Å². The normalized spacial score (nSPS) is 34.6. The van der Waals surface area contributed by atoms with Crippen LogP contribution in [0.15, 0.2) is 0 Å². The predicted molar refractivity (Wildman–Crippen MR) is 77.0 cm³/mol. The number of hydrogen-bond donors (Lipinski definition) is 0. The fraction of sp³-hybridized carbons (Fsp3) is 0.929. The molecule has 0 aromatic rings. The molecule has 0 aromatic carbocycles. The Bertz CT molecular complexity index is 562. The largest absolute Gasteiger partial charge is 0.348 e. The van der Waals surface area contributed by atoms with Crippen molar-refractivity contribution in [1.82, 2.24) is 8.61 Å². The van der Waals surface area contributed by atoms with Crippen molar-refractivity contribution >= 4 is 16.1 Å². The molecule has 1 saturated carbocycles. The quantitative estimate of drug-likeness (QED) is 0.736. The third-order valence-corrected chi connectivity index (χ3v) is 7.33. The Labute approximate surface area is 130 Å². The van der Waals surface area contributed by atoms with Crippen LogP contribution in [-0.4, -0.2) is 61.1 Å². The zero-order valence-electron chi connectivity index (χ0n) is 12.6. The lowest BCUT2D eigenvalue weighted by atomic mass is 9.85. The van der Waals surface area contributed by atoms with E-state index in [1.54, 1.807) is 0 Å². The third kappa shape index (κ3) is 2.19. The molecule has 0 aromatic heterocycles. The molecule has 3 aliphatic heterocycles. The molecule has 0 N–H and O–H groups in total. The van der Waals surface area contributed by atoms with Gasteiger partial charge < -0.3 is 9.47 Å². The van der Waals surface area contributed by atoms with E-state index in [-0.39, 0.29) is 11.8 Å². The van der Waals surface area contributed by atoms with Crippen LogP contribution in [0.1, 0.15) is 38.5 Å². The van der Waals surface area contributed by atoms with Gasteiger partial charge in [0.2, 0.25) is 0 Å². The van der Waals surface area contributed by atoms with Gasteiger partial charge in [0.25, 0.3) is 5.91 Å². The average Bonchev–Trinajstić information content (AvgIpc) is 3.18. The minimum absolute atomic E-state index is 0.206. The number of carbonyl (C=O) groups is 1. The first-order valence-electron chi connectivity index (χ1n) is 8.13. The number of rotatable bonds is 2. The van der Waals surface area contributed by atoms with E-state index in [0.29, 0.717) is 32.7 Å². The highest BCUT2D eigenvalue weighted by Gasteiger charge is 2.53. The molecular weight excluding hydrogens is 308 g/mol. The Morgan fingerprint density at radius 2 is 1.82 bits per heavy atom. The fourth-order valence-electron chi connectivity index (χ4n) is 4.17. The topological polar surface area (TPSA) is 76.2 Å². The minimum Gasteiger partial charge on any atom is -0.348 e. The zero-order valence-corrected chi connectivity index (χ0v) is 13.4. The molecule has 124 valence electrons. The second-order valence-electron chi connectivity index (χ2n) is 6.70. The van der Waals surface area contributed by atoms with Crippen LogP contribution in [0.25, 0.3) is 0 Å². The number of nitrogens with zero attached hydrogens (tertiary/aromatic N) is 2. The van der Waals surface area contributed by atoms with Gasteiger partial charge in [-0.25, -0.2) is 4.31 Å². The maximum absolute atomic E-state index is 12.5. The second-order valence-corrected chi connectivity index (χ2v) is 8.50. The summed E-state index contributed by atoms with van der Waals surface area (Å²) in [6.07, 6.45) is 4.68.